The van der Waals surface area contributed by atoms with Crippen molar-refractivity contribution in [1.29, 1.82) is 0 Å². The molecule has 2 aromatic heterocycles. The molecule has 2 aromatic rings. The highest BCUT2D eigenvalue weighted by Crippen LogP contribution is 2.33. The van der Waals surface area contributed by atoms with Gasteiger partial charge >= 0.3 is 0 Å². The van der Waals surface area contributed by atoms with Gasteiger partial charge in [-0.2, -0.15) is 0 Å². The van der Waals surface area contributed by atoms with E-state index in [-0.39, 0.29) is 0 Å². The van der Waals surface area contributed by atoms with Crippen molar-refractivity contribution in [3.63, 3.8) is 0 Å². The van der Waals surface area contributed by atoms with Crippen molar-refractivity contribution in [2.45, 2.75) is 45.7 Å². The first kappa shape index (κ1) is 14.5. The molecule has 1 aliphatic carbocycles. The molecule has 2 aliphatic rings. The second-order valence-electron chi connectivity index (χ2n) is 6.92. The average molecular weight is 313 g/mol. The summed E-state index contributed by atoms with van der Waals surface area (Å²) in [6.07, 6.45) is 6.84. The maximum absolute atomic E-state index is 12.1. The van der Waals surface area contributed by atoms with Gasteiger partial charge in [-0.3, -0.25) is 4.79 Å². The van der Waals surface area contributed by atoms with Crippen molar-refractivity contribution in [1.82, 2.24) is 24.0 Å². The fourth-order valence-electron chi connectivity index (χ4n) is 3.53. The number of hydrogen-bond donors (Lipinski definition) is 0. The standard InChI is InChI=1S/C17H23N5O/c1-11-12(2)20(3)17(19-11)16-18-6-7-21(16)9-13-8-15(23)22(10-13)14-4-5-14/h6-7,13-14H,4-5,8-10H2,1-3H3. The van der Waals surface area contributed by atoms with Crippen LogP contribution >= 0.6 is 0 Å². The number of aromatic nitrogens is 4. The predicted molar refractivity (Wildman–Crippen MR) is 86.7 cm³/mol. The van der Waals surface area contributed by atoms with E-state index in [1.807, 2.05) is 26.4 Å². The smallest absolute Gasteiger partial charge is 0.223 e. The van der Waals surface area contributed by atoms with Gasteiger partial charge in [-0.25, -0.2) is 9.97 Å². The minimum atomic E-state index is 0.322. The van der Waals surface area contributed by atoms with Crippen molar-refractivity contribution in [3.05, 3.63) is 23.8 Å². The molecule has 1 aliphatic heterocycles. The molecule has 0 radical (unpaired) electrons. The minimum absolute atomic E-state index is 0.322. The molecule has 0 spiro atoms. The summed E-state index contributed by atoms with van der Waals surface area (Å²) in [6, 6.07) is 0.523. The molecule has 4 rings (SSSR count). The van der Waals surface area contributed by atoms with Gasteiger partial charge in [0.1, 0.15) is 0 Å². The Labute approximate surface area is 136 Å². The van der Waals surface area contributed by atoms with Crippen LogP contribution in [0.1, 0.15) is 30.7 Å². The van der Waals surface area contributed by atoms with Crippen LogP contribution in [0.2, 0.25) is 0 Å². The van der Waals surface area contributed by atoms with Gasteiger partial charge in [-0.15, -0.1) is 0 Å². The largest absolute Gasteiger partial charge is 0.339 e. The van der Waals surface area contributed by atoms with Crippen LogP contribution < -0.4 is 0 Å². The summed E-state index contributed by atoms with van der Waals surface area (Å²) in [5.74, 6) is 2.48. The minimum Gasteiger partial charge on any atom is -0.339 e. The molecule has 23 heavy (non-hydrogen) atoms. The lowest BCUT2D eigenvalue weighted by Gasteiger charge is -2.16. The van der Waals surface area contributed by atoms with Crippen LogP contribution in [0.25, 0.3) is 11.6 Å². The van der Waals surface area contributed by atoms with Crippen LogP contribution in [-0.4, -0.2) is 42.5 Å². The fraction of sp³-hybridized carbons (Fsp3) is 0.588. The molecule has 1 amide bonds. The van der Waals surface area contributed by atoms with E-state index in [1.165, 1.54) is 12.8 Å². The quantitative estimate of drug-likeness (QED) is 0.866. The summed E-state index contributed by atoms with van der Waals surface area (Å²) in [5, 5.41) is 0. The van der Waals surface area contributed by atoms with Crippen molar-refractivity contribution < 1.29 is 4.79 Å². The normalized spacial score (nSPS) is 21.4. The number of imidazole rings is 2. The molecule has 6 nitrogen and oxygen atoms in total. The zero-order valence-electron chi connectivity index (χ0n) is 14.0. The lowest BCUT2D eigenvalue weighted by molar-refractivity contribution is -0.128. The summed E-state index contributed by atoms with van der Waals surface area (Å²) < 4.78 is 4.24. The number of amides is 1. The van der Waals surface area contributed by atoms with Gasteiger partial charge in [0.25, 0.3) is 0 Å². The molecular formula is C17H23N5O. The summed E-state index contributed by atoms with van der Waals surface area (Å²) in [7, 11) is 2.03. The molecule has 2 fully saturated rings. The first-order valence-electron chi connectivity index (χ1n) is 8.35. The van der Waals surface area contributed by atoms with Gasteiger partial charge in [0.2, 0.25) is 5.91 Å². The lowest BCUT2D eigenvalue weighted by Crippen LogP contribution is -2.27. The van der Waals surface area contributed by atoms with E-state index in [4.69, 9.17) is 0 Å². The Balaban J connectivity index is 1.56. The third-order valence-electron chi connectivity index (χ3n) is 5.21. The van der Waals surface area contributed by atoms with E-state index in [0.717, 1.165) is 36.1 Å². The highest BCUT2D eigenvalue weighted by molar-refractivity contribution is 5.79. The van der Waals surface area contributed by atoms with Crippen LogP contribution in [-0.2, 0) is 18.4 Å². The van der Waals surface area contributed by atoms with E-state index < -0.39 is 0 Å². The van der Waals surface area contributed by atoms with Crippen molar-refractivity contribution in [3.8, 4) is 11.6 Å². The van der Waals surface area contributed by atoms with Crippen LogP contribution in [0.3, 0.4) is 0 Å². The molecule has 3 heterocycles. The zero-order valence-corrected chi connectivity index (χ0v) is 14.0. The third-order valence-corrected chi connectivity index (χ3v) is 5.21. The van der Waals surface area contributed by atoms with Crippen molar-refractivity contribution in [2.75, 3.05) is 6.54 Å². The van der Waals surface area contributed by atoms with E-state index in [2.05, 4.69) is 30.9 Å². The van der Waals surface area contributed by atoms with Crippen LogP contribution in [0.4, 0.5) is 0 Å². The van der Waals surface area contributed by atoms with Crippen LogP contribution in [0.15, 0.2) is 12.4 Å². The Kier molecular flexibility index (Phi) is 3.28. The van der Waals surface area contributed by atoms with Gasteiger partial charge in [-0.05, 0) is 26.7 Å². The second-order valence-corrected chi connectivity index (χ2v) is 6.92. The first-order chi connectivity index (χ1) is 11.0. The number of nitrogens with zero attached hydrogens (tertiary/aromatic N) is 5. The van der Waals surface area contributed by atoms with Crippen molar-refractivity contribution in [2.24, 2.45) is 13.0 Å². The topological polar surface area (TPSA) is 56.0 Å². The molecule has 6 heteroatoms. The molecular weight excluding hydrogens is 290 g/mol. The number of aryl methyl sites for hydroxylation is 1. The Bertz CT molecular complexity index is 755. The van der Waals surface area contributed by atoms with Gasteiger partial charge in [-0.1, -0.05) is 0 Å². The highest BCUT2D eigenvalue weighted by atomic mass is 16.2. The third kappa shape index (κ3) is 2.46. The molecule has 122 valence electrons. The second kappa shape index (κ2) is 5.22. The van der Waals surface area contributed by atoms with Gasteiger partial charge in [0.15, 0.2) is 11.6 Å². The SMILES string of the molecule is Cc1nc(-c2nccn2CC2CC(=O)N(C3CC3)C2)n(C)c1C. The number of rotatable bonds is 4. The molecule has 1 atom stereocenters. The molecule has 0 bridgehead atoms. The monoisotopic (exact) mass is 313 g/mol. The number of likely N-dealkylation sites (tertiary alicyclic amines) is 1. The highest BCUT2D eigenvalue weighted by Gasteiger charge is 2.39. The zero-order chi connectivity index (χ0) is 16.1. The van der Waals surface area contributed by atoms with E-state index >= 15 is 0 Å². The van der Waals surface area contributed by atoms with E-state index in [0.29, 0.717) is 24.3 Å². The summed E-state index contributed by atoms with van der Waals surface area (Å²) in [6.45, 7) is 5.81. The summed E-state index contributed by atoms with van der Waals surface area (Å²) >= 11 is 0. The molecule has 1 unspecified atom stereocenters. The maximum Gasteiger partial charge on any atom is 0.223 e. The average Bonchev–Trinajstić information content (AvgIpc) is 3.09. The van der Waals surface area contributed by atoms with Gasteiger partial charge in [0, 0.05) is 56.6 Å². The molecule has 0 aromatic carbocycles. The Morgan fingerprint density at radius 1 is 1.26 bits per heavy atom. The van der Waals surface area contributed by atoms with Gasteiger partial charge < -0.3 is 14.0 Å². The van der Waals surface area contributed by atoms with E-state index in [1.54, 1.807) is 0 Å². The number of hydrogen-bond acceptors (Lipinski definition) is 3. The fourth-order valence-corrected chi connectivity index (χ4v) is 3.53. The van der Waals surface area contributed by atoms with Crippen LogP contribution in [0.5, 0.6) is 0 Å². The van der Waals surface area contributed by atoms with Crippen molar-refractivity contribution >= 4 is 5.91 Å². The molecule has 0 N–H and O–H groups in total. The van der Waals surface area contributed by atoms with Crippen LogP contribution in [0, 0.1) is 19.8 Å². The molecule has 1 saturated heterocycles. The first-order valence-corrected chi connectivity index (χ1v) is 8.35. The van der Waals surface area contributed by atoms with E-state index in [9.17, 15) is 4.79 Å². The number of carbonyl (C=O) groups is 1. The summed E-state index contributed by atoms with van der Waals surface area (Å²) in [5.41, 5.74) is 2.19. The lowest BCUT2D eigenvalue weighted by atomic mass is 10.1. The molecule has 1 saturated carbocycles. The predicted octanol–water partition coefficient (Wildman–Crippen LogP) is 1.91. The number of carbonyl (C=O) groups excluding carboxylic acids is 1. The van der Waals surface area contributed by atoms with Gasteiger partial charge in [0.05, 0.1) is 5.69 Å². The Morgan fingerprint density at radius 3 is 2.70 bits per heavy atom. The maximum atomic E-state index is 12.1. The Morgan fingerprint density at radius 2 is 2.04 bits per heavy atom. The summed E-state index contributed by atoms with van der Waals surface area (Å²) in [4.78, 5) is 23.4. The Hall–Kier alpha value is -2.11.